The van der Waals surface area contributed by atoms with Gasteiger partial charge in [0, 0.05) is 17.8 Å². The molecule has 1 N–H and O–H groups in total. The lowest BCUT2D eigenvalue weighted by Crippen LogP contribution is -2.32. The van der Waals surface area contributed by atoms with E-state index in [0.29, 0.717) is 10.3 Å². The topological polar surface area (TPSA) is 139 Å². The molecular formula is C30H22F3N9O3. The molecular weight excluding hydrogens is 591 g/mol. The summed E-state index contributed by atoms with van der Waals surface area (Å²) in [6.07, 6.45) is -4.24. The SMILES string of the molecule is CN(C)Cc1ccccc1-c1ccc(NC(=O)n2cnc3c(C(F)(F)F)nn(-c4cccc(C5=NC(=O)N=N5)c4)c3c2=O)cc1. The standard InChI is InChI=1S/C30H22F3N9O3/c1-40(2)15-19-6-3-4-9-22(19)17-10-12-20(13-11-17)35-29(45)41-16-34-23-24(27(41)43)42(39-25(23)30(31,32)33)21-8-5-7-18(14-21)26-36-28(44)38-37-26/h3-14,16H,15H2,1-2H3,(H,35,45). The number of amides is 3. The summed E-state index contributed by atoms with van der Waals surface area (Å²) in [5.41, 5.74) is -0.195. The van der Waals surface area contributed by atoms with E-state index in [1.165, 1.54) is 24.3 Å². The van der Waals surface area contributed by atoms with Crippen molar-refractivity contribution in [1.29, 1.82) is 0 Å². The zero-order valence-electron chi connectivity index (χ0n) is 23.6. The van der Waals surface area contributed by atoms with Crippen LogP contribution in [0.5, 0.6) is 0 Å². The summed E-state index contributed by atoms with van der Waals surface area (Å²) in [4.78, 5) is 47.7. The van der Waals surface area contributed by atoms with E-state index in [4.69, 9.17) is 0 Å². The maximum Gasteiger partial charge on any atom is 0.437 e. The number of nitrogens with zero attached hydrogens (tertiary/aromatic N) is 8. The van der Waals surface area contributed by atoms with Crippen molar-refractivity contribution >= 4 is 34.6 Å². The Hall–Kier alpha value is -5.83. The van der Waals surface area contributed by atoms with Gasteiger partial charge in [-0.3, -0.25) is 4.79 Å². The Morgan fingerprint density at radius 1 is 0.933 bits per heavy atom. The van der Waals surface area contributed by atoms with Crippen molar-refractivity contribution in [3.8, 4) is 16.8 Å². The van der Waals surface area contributed by atoms with Crippen molar-refractivity contribution in [2.75, 3.05) is 19.4 Å². The van der Waals surface area contributed by atoms with Crippen LogP contribution in [0.3, 0.4) is 0 Å². The van der Waals surface area contributed by atoms with Crippen LogP contribution in [-0.4, -0.2) is 56.2 Å². The highest BCUT2D eigenvalue weighted by molar-refractivity contribution is 6.08. The van der Waals surface area contributed by atoms with Gasteiger partial charge in [0.15, 0.2) is 17.0 Å². The maximum absolute atomic E-state index is 13.9. The summed E-state index contributed by atoms with van der Waals surface area (Å²) in [6, 6.07) is 18.8. The molecule has 0 atom stereocenters. The third kappa shape index (κ3) is 5.75. The maximum atomic E-state index is 13.9. The van der Waals surface area contributed by atoms with Crippen LogP contribution in [0.2, 0.25) is 0 Å². The number of anilines is 1. The molecule has 2 aromatic heterocycles. The minimum atomic E-state index is -4.96. The molecule has 0 fully saturated rings. The normalized spacial score (nSPS) is 13.1. The molecule has 226 valence electrons. The summed E-state index contributed by atoms with van der Waals surface area (Å²) < 4.78 is 43.1. The van der Waals surface area contributed by atoms with Crippen molar-refractivity contribution < 1.29 is 22.8 Å². The average Bonchev–Trinajstić information content (AvgIpc) is 3.62. The van der Waals surface area contributed by atoms with E-state index in [2.05, 4.69) is 35.5 Å². The van der Waals surface area contributed by atoms with E-state index in [1.807, 2.05) is 50.5 Å². The zero-order chi connectivity index (χ0) is 31.9. The first kappa shape index (κ1) is 29.3. The van der Waals surface area contributed by atoms with Crippen LogP contribution < -0.4 is 10.9 Å². The Labute approximate surface area is 252 Å². The molecule has 15 heteroatoms. The second-order valence-corrected chi connectivity index (χ2v) is 10.2. The predicted molar refractivity (Wildman–Crippen MR) is 159 cm³/mol. The van der Waals surface area contributed by atoms with Gasteiger partial charge in [0.25, 0.3) is 5.56 Å². The minimum Gasteiger partial charge on any atom is -0.307 e. The van der Waals surface area contributed by atoms with Crippen molar-refractivity contribution in [3.05, 3.63) is 106 Å². The largest absolute Gasteiger partial charge is 0.437 e. The van der Waals surface area contributed by atoms with E-state index >= 15 is 0 Å². The molecule has 3 heterocycles. The van der Waals surface area contributed by atoms with Crippen LogP contribution in [0.1, 0.15) is 16.8 Å². The fraction of sp³-hybridized carbons (Fsp3) is 0.133. The fourth-order valence-electron chi connectivity index (χ4n) is 4.85. The number of azo groups is 1. The van der Waals surface area contributed by atoms with Gasteiger partial charge in [0.05, 0.1) is 5.69 Å². The molecule has 1 aliphatic heterocycles. The van der Waals surface area contributed by atoms with Crippen molar-refractivity contribution in [2.24, 2.45) is 15.2 Å². The first-order valence-electron chi connectivity index (χ1n) is 13.4. The fourth-order valence-corrected chi connectivity index (χ4v) is 4.85. The summed E-state index contributed by atoms with van der Waals surface area (Å²) in [6.45, 7) is 0.726. The monoisotopic (exact) mass is 613 g/mol. The van der Waals surface area contributed by atoms with Crippen LogP contribution in [0.25, 0.3) is 27.8 Å². The first-order valence-corrected chi connectivity index (χ1v) is 13.4. The Balaban J connectivity index is 1.36. The van der Waals surface area contributed by atoms with Crippen molar-refractivity contribution in [3.63, 3.8) is 0 Å². The van der Waals surface area contributed by atoms with Gasteiger partial charge in [0.1, 0.15) is 11.8 Å². The number of rotatable bonds is 6. The van der Waals surface area contributed by atoms with Gasteiger partial charge in [-0.15, -0.1) is 5.11 Å². The number of aliphatic imine (C=N–C) groups is 1. The first-order chi connectivity index (χ1) is 21.5. The summed E-state index contributed by atoms with van der Waals surface area (Å²) in [5.74, 6) is -0.0588. The Bertz CT molecular complexity index is 2100. The van der Waals surface area contributed by atoms with E-state index in [9.17, 15) is 27.6 Å². The third-order valence-electron chi connectivity index (χ3n) is 6.80. The number of nitrogens with one attached hydrogen (secondary N) is 1. The van der Waals surface area contributed by atoms with Gasteiger partial charge in [0.2, 0.25) is 0 Å². The summed E-state index contributed by atoms with van der Waals surface area (Å²) in [5, 5.41) is 13.2. The Morgan fingerprint density at radius 3 is 2.38 bits per heavy atom. The van der Waals surface area contributed by atoms with Gasteiger partial charge in [-0.05, 0) is 55.1 Å². The van der Waals surface area contributed by atoms with Crippen molar-refractivity contribution in [1.82, 2.24) is 24.2 Å². The Kier molecular flexibility index (Phi) is 7.38. The van der Waals surface area contributed by atoms with Gasteiger partial charge in [-0.2, -0.15) is 23.3 Å². The van der Waals surface area contributed by atoms with E-state index in [0.717, 1.165) is 34.2 Å². The molecule has 3 aromatic carbocycles. The van der Waals surface area contributed by atoms with E-state index in [-0.39, 0.29) is 17.1 Å². The molecule has 0 saturated heterocycles. The van der Waals surface area contributed by atoms with Gasteiger partial charge in [-0.1, -0.05) is 53.6 Å². The second-order valence-electron chi connectivity index (χ2n) is 10.2. The second kappa shape index (κ2) is 11.3. The lowest BCUT2D eigenvalue weighted by Gasteiger charge is -2.15. The number of amidine groups is 1. The predicted octanol–water partition coefficient (Wildman–Crippen LogP) is 5.74. The number of carbonyl (C=O) groups is 2. The highest BCUT2D eigenvalue weighted by Gasteiger charge is 2.39. The van der Waals surface area contributed by atoms with Crippen LogP contribution in [0.4, 0.5) is 28.4 Å². The quantitative estimate of drug-likeness (QED) is 0.259. The Morgan fingerprint density at radius 2 is 1.69 bits per heavy atom. The molecule has 0 radical (unpaired) electrons. The highest BCUT2D eigenvalue weighted by atomic mass is 19.4. The molecule has 6 rings (SSSR count). The number of hydrogen-bond donors (Lipinski definition) is 1. The lowest BCUT2D eigenvalue weighted by molar-refractivity contribution is -0.140. The number of fused-ring (bicyclic) bond motifs is 1. The number of halogens is 3. The molecule has 12 nitrogen and oxygen atoms in total. The molecule has 3 amide bonds. The number of urea groups is 1. The van der Waals surface area contributed by atoms with Crippen molar-refractivity contribution in [2.45, 2.75) is 12.7 Å². The molecule has 0 saturated carbocycles. The van der Waals surface area contributed by atoms with Gasteiger partial charge < -0.3 is 10.2 Å². The number of aromatic nitrogens is 4. The molecule has 0 unspecified atom stereocenters. The molecule has 0 spiro atoms. The lowest BCUT2D eigenvalue weighted by atomic mass is 9.99. The molecule has 0 bridgehead atoms. The van der Waals surface area contributed by atoms with E-state index in [1.54, 1.807) is 12.1 Å². The smallest absolute Gasteiger partial charge is 0.307 e. The third-order valence-corrected chi connectivity index (χ3v) is 6.80. The van der Waals surface area contributed by atoms with Gasteiger partial charge in [-0.25, -0.2) is 23.8 Å². The molecule has 0 aliphatic carbocycles. The molecule has 45 heavy (non-hydrogen) atoms. The number of benzene rings is 3. The van der Waals surface area contributed by atoms with Crippen LogP contribution in [0.15, 0.2) is 99.1 Å². The zero-order valence-corrected chi connectivity index (χ0v) is 23.6. The van der Waals surface area contributed by atoms with E-state index < -0.39 is 40.5 Å². The number of hydrogen-bond acceptors (Lipinski definition) is 7. The van der Waals surface area contributed by atoms with Crippen LogP contribution >= 0.6 is 0 Å². The highest BCUT2D eigenvalue weighted by Crippen LogP contribution is 2.33. The average molecular weight is 614 g/mol. The molecule has 1 aliphatic rings. The van der Waals surface area contributed by atoms with Crippen LogP contribution in [0, 0.1) is 0 Å². The van der Waals surface area contributed by atoms with Crippen LogP contribution in [-0.2, 0) is 12.7 Å². The molecule has 5 aromatic rings. The number of carbonyl (C=O) groups excluding carboxylic acids is 2. The van der Waals surface area contributed by atoms with Gasteiger partial charge >= 0.3 is 18.2 Å². The minimum absolute atomic E-state index is 0.00689. The number of alkyl halides is 3. The summed E-state index contributed by atoms with van der Waals surface area (Å²) >= 11 is 0. The summed E-state index contributed by atoms with van der Waals surface area (Å²) in [7, 11) is 3.94.